The Balaban J connectivity index is -0.0000000944. The third kappa shape index (κ3) is 56.0. The Morgan fingerprint density at radius 2 is 1.43 bits per heavy atom. The van der Waals surface area contributed by atoms with Crippen LogP contribution in [0.1, 0.15) is 189 Å². The Labute approximate surface area is 353 Å². The summed E-state index contributed by atoms with van der Waals surface area (Å²) in [6.07, 6.45) is 15.9. The Kier molecular flexibility index (Phi) is 75.8. The van der Waals surface area contributed by atoms with E-state index in [0.29, 0.717) is 23.9 Å². The van der Waals surface area contributed by atoms with Gasteiger partial charge in [0.1, 0.15) is 6.67 Å². The molecule has 0 aromatic rings. The van der Waals surface area contributed by atoms with Crippen LogP contribution in [0.3, 0.4) is 0 Å². The van der Waals surface area contributed by atoms with Crippen LogP contribution in [0.25, 0.3) is 0 Å². The van der Waals surface area contributed by atoms with Crippen molar-refractivity contribution in [3.8, 4) is 0 Å². The minimum absolute atomic E-state index is 0.0583. The fourth-order valence-electron chi connectivity index (χ4n) is 5.01. The molecule has 340 valence electrons. The Bertz CT molecular complexity index is 834. The van der Waals surface area contributed by atoms with Crippen molar-refractivity contribution >= 4 is 18.6 Å². The van der Waals surface area contributed by atoms with Gasteiger partial charge in [0.25, 0.3) is 12.4 Å². The standard InChI is InChI=1S/C18H30N2O.C11H25NO.C9H18.4C2H6.CH5N.CH2O2/c1-6-16(9-7-8-14(2)3)17(11-10-15(4)5)20-13-19-12-18(20)21;1-4-7-12-8-10-13-9-5-6-11(2)3;1-6-8(7-2)9(3,4)5;5*1-2;2-1-3/h6,12,15,17H,2,7-11,13H2,1,3-5H3;11-12H,4-10H2,1-3H3;6,8H,1,7H2,2-5H3;4*1-2H3;2H2,1H3;1H,(H,2,3)/b16-6+;;;;;;;;. The zero-order valence-electron chi connectivity index (χ0n) is 41.6. The summed E-state index contributed by atoms with van der Waals surface area (Å²) in [5, 5.41) is 10.2. The van der Waals surface area contributed by atoms with E-state index in [9.17, 15) is 4.79 Å². The maximum atomic E-state index is 12.0. The van der Waals surface area contributed by atoms with Crippen molar-refractivity contribution in [1.29, 1.82) is 0 Å². The zero-order valence-corrected chi connectivity index (χ0v) is 41.6. The molecular weight excluding hydrogens is 697 g/mol. The summed E-state index contributed by atoms with van der Waals surface area (Å²) in [5.74, 6) is 2.18. The summed E-state index contributed by atoms with van der Waals surface area (Å²) in [6.45, 7) is 52.2. The first-order valence-electron chi connectivity index (χ1n) is 22.3. The second-order valence-corrected chi connectivity index (χ2v) is 14.0. The lowest BCUT2D eigenvalue weighted by atomic mass is 9.79. The summed E-state index contributed by atoms with van der Waals surface area (Å²) in [5.41, 5.74) is 7.50. The Hall–Kier alpha value is -2.29. The fourth-order valence-corrected chi connectivity index (χ4v) is 5.01. The molecule has 0 fully saturated rings. The lowest BCUT2D eigenvalue weighted by Gasteiger charge is -2.30. The number of rotatable bonds is 20. The predicted molar refractivity (Wildman–Crippen MR) is 256 cm³/mol. The number of carboxylic acid groups (broad SMARTS) is 1. The van der Waals surface area contributed by atoms with Crippen LogP contribution in [-0.2, 0) is 14.3 Å². The van der Waals surface area contributed by atoms with E-state index >= 15 is 0 Å². The van der Waals surface area contributed by atoms with E-state index in [1.807, 2.05) is 60.3 Å². The van der Waals surface area contributed by atoms with Gasteiger partial charge in [-0.1, -0.05) is 141 Å². The molecule has 1 heterocycles. The first-order valence-corrected chi connectivity index (χ1v) is 22.3. The summed E-state index contributed by atoms with van der Waals surface area (Å²) < 4.78 is 5.47. The first kappa shape index (κ1) is 71.4. The second kappa shape index (κ2) is 59.4. The molecule has 1 aliphatic rings. The van der Waals surface area contributed by atoms with Crippen LogP contribution in [0.5, 0.6) is 0 Å². The van der Waals surface area contributed by atoms with Crippen LogP contribution in [-0.4, -0.2) is 74.7 Å². The molecule has 1 amide bonds. The van der Waals surface area contributed by atoms with Gasteiger partial charge < -0.3 is 25.8 Å². The van der Waals surface area contributed by atoms with Crippen molar-refractivity contribution in [3.05, 3.63) is 36.5 Å². The lowest BCUT2D eigenvalue weighted by molar-refractivity contribution is -0.124. The van der Waals surface area contributed by atoms with Gasteiger partial charge in [-0.05, 0) is 108 Å². The molecule has 4 N–H and O–H groups in total. The van der Waals surface area contributed by atoms with Gasteiger partial charge in [-0.3, -0.25) is 14.6 Å². The fraction of sp³-hybridized carbons (Fsp3) is 0.812. The van der Waals surface area contributed by atoms with E-state index < -0.39 is 0 Å². The number of hydrogen-bond acceptors (Lipinski definition) is 6. The smallest absolute Gasteiger partial charge is 0.290 e. The maximum Gasteiger partial charge on any atom is 0.290 e. The van der Waals surface area contributed by atoms with E-state index in [0.717, 1.165) is 64.3 Å². The van der Waals surface area contributed by atoms with Gasteiger partial charge >= 0.3 is 0 Å². The number of carbonyl (C=O) groups excluding carboxylic acids is 1. The largest absolute Gasteiger partial charge is 0.483 e. The van der Waals surface area contributed by atoms with Crippen molar-refractivity contribution in [2.75, 3.05) is 40.0 Å². The highest BCUT2D eigenvalue weighted by molar-refractivity contribution is 6.27. The highest BCUT2D eigenvalue weighted by Gasteiger charge is 2.27. The summed E-state index contributed by atoms with van der Waals surface area (Å²) >= 11 is 0. The molecule has 1 rings (SSSR count). The minimum Gasteiger partial charge on any atom is -0.483 e. The number of carbonyl (C=O) groups is 2. The molecular formula is C48H104N4O4. The predicted octanol–water partition coefficient (Wildman–Crippen LogP) is 13.4. The van der Waals surface area contributed by atoms with Crippen molar-refractivity contribution in [1.82, 2.24) is 10.2 Å². The van der Waals surface area contributed by atoms with Gasteiger partial charge in [-0.2, -0.15) is 0 Å². The number of nitrogens with two attached hydrogens (primary N) is 1. The molecule has 2 unspecified atom stereocenters. The third-order valence-electron chi connectivity index (χ3n) is 7.74. The normalized spacial score (nSPS) is 12.1. The molecule has 1 aliphatic heterocycles. The molecule has 0 spiro atoms. The molecule has 0 saturated carbocycles. The van der Waals surface area contributed by atoms with Gasteiger partial charge in [-0.25, -0.2) is 0 Å². The molecule has 0 aromatic carbocycles. The highest BCUT2D eigenvalue weighted by Crippen LogP contribution is 2.29. The van der Waals surface area contributed by atoms with Gasteiger partial charge in [0, 0.05) is 13.2 Å². The summed E-state index contributed by atoms with van der Waals surface area (Å²) in [6, 6.07) is 0.206. The van der Waals surface area contributed by atoms with Crippen LogP contribution in [0.4, 0.5) is 0 Å². The van der Waals surface area contributed by atoms with Crippen LogP contribution in [0.2, 0.25) is 0 Å². The molecule has 0 radical (unpaired) electrons. The average molecular weight is 801 g/mol. The van der Waals surface area contributed by atoms with E-state index in [1.54, 1.807) is 0 Å². The minimum atomic E-state index is -0.250. The number of ether oxygens (including phenoxy) is 1. The van der Waals surface area contributed by atoms with E-state index in [-0.39, 0.29) is 18.4 Å². The lowest BCUT2D eigenvalue weighted by Crippen LogP contribution is -2.39. The number of nitrogens with zero attached hydrogens (tertiary/aromatic N) is 2. The third-order valence-corrected chi connectivity index (χ3v) is 7.74. The molecule has 0 bridgehead atoms. The maximum absolute atomic E-state index is 12.0. The van der Waals surface area contributed by atoms with Crippen molar-refractivity contribution in [2.45, 2.75) is 195 Å². The van der Waals surface area contributed by atoms with Gasteiger partial charge in [0.15, 0.2) is 0 Å². The quantitative estimate of drug-likeness (QED) is 0.0641. The van der Waals surface area contributed by atoms with Gasteiger partial charge in [-0.15, -0.1) is 13.2 Å². The molecule has 0 aliphatic carbocycles. The van der Waals surface area contributed by atoms with Crippen LogP contribution in [0.15, 0.2) is 41.4 Å². The summed E-state index contributed by atoms with van der Waals surface area (Å²) in [4.78, 5) is 26.4. The average Bonchev–Trinajstić information content (AvgIpc) is 3.61. The van der Waals surface area contributed by atoms with Gasteiger partial charge in [0.05, 0.1) is 18.9 Å². The zero-order chi connectivity index (χ0) is 46.0. The molecule has 0 aromatic heterocycles. The number of hydrogen-bond donors (Lipinski definition) is 3. The SMILES string of the molecule is C=C(C)CCC/C(=C\C)C(CCC(C)C)N1CN=CC1=O.C=CC(CC)C(C)(C)C.CC.CC.CC.CC.CCCNCCOCCCC(C)C.CN.O=CO. The molecule has 8 heteroatoms. The highest BCUT2D eigenvalue weighted by atomic mass is 16.5. The monoisotopic (exact) mass is 801 g/mol. The van der Waals surface area contributed by atoms with Gasteiger partial charge in [0.2, 0.25) is 0 Å². The van der Waals surface area contributed by atoms with Crippen LogP contribution >= 0.6 is 0 Å². The molecule has 8 nitrogen and oxygen atoms in total. The topological polar surface area (TPSA) is 117 Å². The van der Waals surface area contributed by atoms with Crippen molar-refractivity contribution in [3.63, 3.8) is 0 Å². The van der Waals surface area contributed by atoms with Crippen molar-refractivity contribution in [2.24, 2.45) is 33.9 Å². The number of amides is 1. The first-order chi connectivity index (χ1) is 26.7. The van der Waals surface area contributed by atoms with Crippen LogP contribution < -0.4 is 11.1 Å². The number of allylic oxidation sites excluding steroid dienone is 3. The van der Waals surface area contributed by atoms with E-state index in [4.69, 9.17) is 14.6 Å². The molecule has 0 saturated heterocycles. The number of aliphatic imine (C=N–C) groups is 1. The van der Waals surface area contributed by atoms with Crippen LogP contribution in [0, 0.1) is 23.2 Å². The molecule has 56 heavy (non-hydrogen) atoms. The Morgan fingerprint density at radius 3 is 1.75 bits per heavy atom. The second-order valence-electron chi connectivity index (χ2n) is 14.0. The van der Waals surface area contributed by atoms with E-state index in [2.05, 4.69) is 118 Å². The molecule has 2 atom stereocenters. The van der Waals surface area contributed by atoms with E-state index in [1.165, 1.54) is 50.1 Å². The number of nitrogens with one attached hydrogen (secondary N) is 1. The Morgan fingerprint density at radius 1 is 0.929 bits per heavy atom. The summed E-state index contributed by atoms with van der Waals surface area (Å²) in [7, 11) is 1.50. The van der Waals surface area contributed by atoms with Crippen molar-refractivity contribution < 1.29 is 19.4 Å².